The molecule has 1 heterocycles. The number of hydrogen-bond acceptors (Lipinski definition) is 4. The van der Waals surface area contributed by atoms with Crippen LogP contribution in [-0.2, 0) is 15.8 Å². The summed E-state index contributed by atoms with van der Waals surface area (Å²) in [6.45, 7) is 0. The van der Waals surface area contributed by atoms with E-state index in [0.29, 0.717) is 0 Å². The van der Waals surface area contributed by atoms with Gasteiger partial charge in [0.25, 0.3) is 0 Å². The molecule has 5 nitrogen and oxygen atoms in total. The number of esters is 1. The minimum Gasteiger partial charge on any atom is -0.464 e. The molecule has 1 unspecified atom stereocenters. The van der Waals surface area contributed by atoms with Gasteiger partial charge in [0.1, 0.15) is 0 Å². The first kappa shape index (κ1) is 9.82. The second kappa shape index (κ2) is 4.11. The van der Waals surface area contributed by atoms with Gasteiger partial charge in [-0.05, 0) is 12.1 Å². The number of nitrogens with zero attached hydrogens (tertiary/aromatic N) is 1. The number of pyridine rings is 1. The van der Waals surface area contributed by atoms with Gasteiger partial charge in [-0.3, -0.25) is 0 Å². The van der Waals surface area contributed by atoms with Gasteiger partial charge in [-0.2, -0.15) is 0 Å². The summed E-state index contributed by atoms with van der Waals surface area (Å²) in [5.41, 5.74) is -0.133. The lowest BCUT2D eigenvalue weighted by atomic mass is 10.3. The van der Waals surface area contributed by atoms with Crippen molar-refractivity contribution in [3.8, 4) is 0 Å². The lowest BCUT2D eigenvalue weighted by Crippen LogP contribution is -2.08. The molecule has 0 aliphatic heterocycles. The number of carbonyl (C=O) groups is 1. The molecule has 0 aromatic carbocycles. The van der Waals surface area contributed by atoms with Crippen LogP contribution in [0.3, 0.4) is 0 Å². The Labute approximate surface area is 77.0 Å². The molecule has 0 saturated carbocycles. The number of methoxy groups -OCH3 is 1. The molecule has 13 heavy (non-hydrogen) atoms. The highest BCUT2D eigenvalue weighted by atomic mass is 32.2. The van der Waals surface area contributed by atoms with Crippen molar-refractivity contribution in [1.82, 2.24) is 4.98 Å². The van der Waals surface area contributed by atoms with Crippen molar-refractivity contribution in [2.45, 2.75) is 4.90 Å². The fourth-order valence-electron chi connectivity index (χ4n) is 0.781. The van der Waals surface area contributed by atoms with Crippen molar-refractivity contribution < 1.29 is 18.3 Å². The summed E-state index contributed by atoms with van der Waals surface area (Å²) in [5.74, 6) is -0.724. The number of hydrogen-bond donors (Lipinski definition) is 1. The first-order valence-electron chi connectivity index (χ1n) is 3.31. The number of rotatable bonds is 2. The van der Waals surface area contributed by atoms with Crippen molar-refractivity contribution in [3.63, 3.8) is 0 Å². The second-order valence-electron chi connectivity index (χ2n) is 2.09. The van der Waals surface area contributed by atoms with Gasteiger partial charge in [0.2, 0.25) is 0 Å². The van der Waals surface area contributed by atoms with Crippen molar-refractivity contribution in [3.05, 3.63) is 24.0 Å². The van der Waals surface area contributed by atoms with Crippen LogP contribution < -0.4 is 0 Å². The largest absolute Gasteiger partial charge is 0.464 e. The highest BCUT2D eigenvalue weighted by molar-refractivity contribution is 7.79. The SMILES string of the molecule is COC(=O)c1ncccc1S(=O)O. The monoisotopic (exact) mass is 201 g/mol. The number of ether oxygens (including phenoxy) is 1. The Morgan fingerprint density at radius 3 is 2.92 bits per heavy atom. The third-order valence-electron chi connectivity index (χ3n) is 1.34. The Morgan fingerprint density at radius 1 is 1.69 bits per heavy atom. The molecule has 1 N–H and O–H groups in total. The van der Waals surface area contributed by atoms with Crippen LogP contribution in [0.15, 0.2) is 23.2 Å². The average molecular weight is 201 g/mol. The molecule has 1 aromatic heterocycles. The van der Waals surface area contributed by atoms with Gasteiger partial charge in [-0.1, -0.05) is 0 Å². The highest BCUT2D eigenvalue weighted by Crippen LogP contribution is 2.09. The molecule has 0 aliphatic carbocycles. The van der Waals surface area contributed by atoms with Crippen molar-refractivity contribution in [1.29, 1.82) is 0 Å². The molecule has 0 fully saturated rings. The Kier molecular flexibility index (Phi) is 3.10. The Morgan fingerprint density at radius 2 is 2.38 bits per heavy atom. The molecule has 70 valence electrons. The molecular weight excluding hydrogens is 194 g/mol. The van der Waals surface area contributed by atoms with Crippen LogP contribution in [0, 0.1) is 0 Å². The van der Waals surface area contributed by atoms with E-state index in [1.54, 1.807) is 0 Å². The molecule has 1 atom stereocenters. The molecular formula is C7H7NO4S. The summed E-state index contributed by atoms with van der Waals surface area (Å²) in [7, 11) is 1.18. The summed E-state index contributed by atoms with van der Waals surface area (Å²) in [4.78, 5) is 14.6. The standard InChI is InChI=1S/C7H7NO4S/c1-12-7(9)6-5(13(10)11)3-2-4-8-6/h2-4H,1H3,(H,10,11). The van der Waals surface area contributed by atoms with Gasteiger partial charge < -0.3 is 9.29 Å². The van der Waals surface area contributed by atoms with E-state index in [0.717, 1.165) is 0 Å². The van der Waals surface area contributed by atoms with E-state index in [2.05, 4.69) is 9.72 Å². The third kappa shape index (κ3) is 2.10. The van der Waals surface area contributed by atoms with Crippen LogP contribution in [0.25, 0.3) is 0 Å². The molecule has 0 radical (unpaired) electrons. The highest BCUT2D eigenvalue weighted by Gasteiger charge is 2.16. The van der Waals surface area contributed by atoms with Crippen molar-refractivity contribution in [2.24, 2.45) is 0 Å². The first-order valence-corrected chi connectivity index (χ1v) is 4.41. The maximum atomic E-state index is 11.0. The van der Waals surface area contributed by atoms with Crippen LogP contribution in [0.4, 0.5) is 0 Å². The summed E-state index contributed by atoms with van der Waals surface area (Å²) in [6.07, 6.45) is 1.35. The smallest absolute Gasteiger partial charge is 0.358 e. The molecule has 0 saturated heterocycles. The molecule has 0 bridgehead atoms. The molecule has 0 amide bonds. The second-order valence-corrected chi connectivity index (χ2v) is 3.03. The van der Waals surface area contributed by atoms with Gasteiger partial charge in [0, 0.05) is 6.20 Å². The van der Waals surface area contributed by atoms with E-state index in [4.69, 9.17) is 4.55 Å². The van der Waals surface area contributed by atoms with Crippen molar-refractivity contribution in [2.75, 3.05) is 7.11 Å². The molecule has 6 heteroatoms. The normalized spacial score (nSPS) is 12.2. The number of carbonyl (C=O) groups excluding carboxylic acids is 1. The average Bonchev–Trinajstić information content (AvgIpc) is 2.16. The summed E-state index contributed by atoms with van der Waals surface area (Å²) < 4.78 is 23.9. The minimum atomic E-state index is -2.23. The van der Waals surface area contributed by atoms with Crippen LogP contribution in [0.5, 0.6) is 0 Å². The lowest BCUT2D eigenvalue weighted by Gasteiger charge is -2.01. The zero-order valence-corrected chi connectivity index (χ0v) is 7.58. The fourth-order valence-corrected chi connectivity index (χ4v) is 1.28. The summed E-state index contributed by atoms with van der Waals surface area (Å²) in [6, 6.07) is 2.81. The Balaban J connectivity index is 3.19. The maximum absolute atomic E-state index is 11.0. The fraction of sp³-hybridized carbons (Fsp3) is 0.143. The number of aromatic nitrogens is 1. The van der Waals surface area contributed by atoms with Crippen molar-refractivity contribution >= 4 is 17.0 Å². The van der Waals surface area contributed by atoms with Crippen LogP contribution in [0.1, 0.15) is 10.5 Å². The van der Waals surface area contributed by atoms with E-state index >= 15 is 0 Å². The first-order chi connectivity index (χ1) is 6.16. The molecule has 0 spiro atoms. The third-order valence-corrected chi connectivity index (χ3v) is 2.04. The van der Waals surface area contributed by atoms with Gasteiger partial charge in [-0.25, -0.2) is 14.0 Å². The molecule has 0 aliphatic rings. The van der Waals surface area contributed by atoms with E-state index in [9.17, 15) is 9.00 Å². The van der Waals surface area contributed by atoms with E-state index in [1.807, 2.05) is 0 Å². The zero-order valence-electron chi connectivity index (χ0n) is 6.76. The summed E-state index contributed by atoms with van der Waals surface area (Å²) in [5, 5.41) is 0. The predicted octanol–water partition coefficient (Wildman–Crippen LogP) is 0.449. The lowest BCUT2D eigenvalue weighted by molar-refractivity contribution is 0.0589. The van der Waals surface area contributed by atoms with Gasteiger partial charge in [-0.15, -0.1) is 0 Å². The molecule has 1 aromatic rings. The van der Waals surface area contributed by atoms with Crippen LogP contribution in [0.2, 0.25) is 0 Å². The van der Waals surface area contributed by atoms with E-state index in [-0.39, 0.29) is 10.6 Å². The van der Waals surface area contributed by atoms with Gasteiger partial charge >= 0.3 is 5.97 Å². The quantitative estimate of drug-likeness (QED) is 0.555. The maximum Gasteiger partial charge on any atom is 0.358 e. The van der Waals surface area contributed by atoms with Gasteiger partial charge in [0.15, 0.2) is 16.8 Å². The Hall–Kier alpha value is -1.27. The summed E-state index contributed by atoms with van der Waals surface area (Å²) >= 11 is -2.23. The van der Waals surface area contributed by atoms with E-state index < -0.39 is 17.0 Å². The zero-order chi connectivity index (χ0) is 9.84. The topological polar surface area (TPSA) is 76.5 Å². The van der Waals surface area contributed by atoms with E-state index in [1.165, 1.54) is 25.4 Å². The minimum absolute atomic E-state index is 0.0469. The van der Waals surface area contributed by atoms with Crippen LogP contribution >= 0.6 is 0 Å². The molecule has 1 rings (SSSR count). The van der Waals surface area contributed by atoms with Gasteiger partial charge in [0.05, 0.1) is 12.0 Å². The predicted molar refractivity (Wildman–Crippen MR) is 44.6 cm³/mol. The van der Waals surface area contributed by atoms with Crippen LogP contribution in [-0.4, -0.2) is 26.8 Å². The Bertz CT molecular complexity index is 352.